The summed E-state index contributed by atoms with van der Waals surface area (Å²) in [5.74, 6) is 0.298. The summed E-state index contributed by atoms with van der Waals surface area (Å²) in [4.78, 5) is 16.8. The zero-order valence-corrected chi connectivity index (χ0v) is 19.0. The van der Waals surface area contributed by atoms with E-state index in [-0.39, 0.29) is 22.6 Å². The highest BCUT2D eigenvalue weighted by Crippen LogP contribution is 2.31. The first-order chi connectivity index (χ1) is 14.8. The number of carbonyl (C=O) groups excluding carboxylic acids is 1. The highest BCUT2D eigenvalue weighted by molar-refractivity contribution is 7.91. The summed E-state index contributed by atoms with van der Waals surface area (Å²) in [6, 6.07) is 9.51. The fourth-order valence-corrected chi connectivity index (χ4v) is 6.48. The van der Waals surface area contributed by atoms with Gasteiger partial charge in [0.1, 0.15) is 4.21 Å². The van der Waals surface area contributed by atoms with Crippen LogP contribution in [-0.4, -0.2) is 41.9 Å². The molecule has 0 radical (unpaired) electrons. The van der Waals surface area contributed by atoms with E-state index in [9.17, 15) is 13.2 Å². The Morgan fingerprint density at radius 2 is 2.16 bits per heavy atom. The number of aromatic nitrogens is 2. The van der Waals surface area contributed by atoms with Crippen LogP contribution in [-0.2, 0) is 21.4 Å². The minimum atomic E-state index is -3.70. The third-order valence-electron chi connectivity index (χ3n) is 5.26. The summed E-state index contributed by atoms with van der Waals surface area (Å²) >= 11 is 1.12. The Labute approximate surface area is 185 Å². The van der Waals surface area contributed by atoms with Crippen LogP contribution in [0.25, 0.3) is 11.4 Å². The van der Waals surface area contributed by atoms with Crippen LogP contribution in [0.3, 0.4) is 0 Å². The number of rotatable bonds is 6. The zero-order chi connectivity index (χ0) is 22.0. The van der Waals surface area contributed by atoms with E-state index in [1.807, 2.05) is 31.2 Å². The molecule has 1 saturated heterocycles. The molecule has 0 bridgehead atoms. The lowest BCUT2D eigenvalue weighted by atomic mass is 9.98. The van der Waals surface area contributed by atoms with Crippen molar-refractivity contribution in [3.63, 3.8) is 0 Å². The quantitative estimate of drug-likeness (QED) is 0.606. The van der Waals surface area contributed by atoms with Crippen molar-refractivity contribution < 1.29 is 17.7 Å². The van der Waals surface area contributed by atoms with Crippen LogP contribution in [0.15, 0.2) is 44.4 Å². The Morgan fingerprint density at radius 1 is 1.32 bits per heavy atom. The second kappa shape index (κ2) is 8.89. The molecule has 1 aliphatic heterocycles. The standard InChI is InChI=1S/C21H24N4O4S2/c1-14-5-3-6-16(9-14)11-22-21(26)17-7-4-8-25(12-17)31(27,28)19-10-18(13-30-19)20-23-15(2)29-24-20/h3,5-6,9-10,13,17H,4,7-8,11-12H2,1-2H3,(H,22,26)/t17-/m1/s1. The van der Waals surface area contributed by atoms with Crippen LogP contribution < -0.4 is 5.32 Å². The molecule has 4 rings (SSSR count). The summed E-state index contributed by atoms with van der Waals surface area (Å²) < 4.78 is 32.9. The molecule has 1 aromatic carbocycles. The van der Waals surface area contributed by atoms with Gasteiger partial charge in [-0.25, -0.2) is 8.42 Å². The largest absolute Gasteiger partial charge is 0.352 e. The Kier molecular flexibility index (Phi) is 6.22. The van der Waals surface area contributed by atoms with Crippen molar-refractivity contribution in [3.05, 3.63) is 52.7 Å². The summed E-state index contributed by atoms with van der Waals surface area (Å²) in [5, 5.41) is 8.49. The van der Waals surface area contributed by atoms with Crippen LogP contribution >= 0.6 is 11.3 Å². The fraction of sp³-hybridized carbons (Fsp3) is 0.381. The van der Waals surface area contributed by atoms with Crippen LogP contribution in [0.4, 0.5) is 0 Å². The molecule has 1 atom stereocenters. The van der Waals surface area contributed by atoms with Gasteiger partial charge < -0.3 is 9.84 Å². The third-order valence-corrected chi connectivity index (χ3v) is 8.54. The molecule has 1 amide bonds. The van der Waals surface area contributed by atoms with Gasteiger partial charge in [0.2, 0.25) is 17.6 Å². The molecule has 0 aliphatic carbocycles. The second-order valence-electron chi connectivity index (χ2n) is 7.70. The SMILES string of the molecule is Cc1cccc(CNC(=O)[C@@H]2CCCN(S(=O)(=O)c3cc(-c4noc(C)n4)cs3)C2)c1. The average Bonchev–Trinajstić information content (AvgIpc) is 3.42. The predicted octanol–water partition coefficient (Wildman–Crippen LogP) is 3.13. The molecular weight excluding hydrogens is 436 g/mol. The molecule has 3 aromatic rings. The van der Waals surface area contributed by atoms with Crippen LogP contribution in [0.1, 0.15) is 29.9 Å². The number of sulfonamides is 1. The van der Waals surface area contributed by atoms with Crippen LogP contribution in [0.2, 0.25) is 0 Å². The summed E-state index contributed by atoms with van der Waals surface area (Å²) in [6.07, 6.45) is 1.31. The Morgan fingerprint density at radius 3 is 2.90 bits per heavy atom. The predicted molar refractivity (Wildman–Crippen MR) is 117 cm³/mol. The molecule has 3 heterocycles. The van der Waals surface area contributed by atoms with E-state index in [4.69, 9.17) is 4.52 Å². The molecule has 0 spiro atoms. The highest BCUT2D eigenvalue weighted by Gasteiger charge is 2.34. The lowest BCUT2D eigenvalue weighted by Gasteiger charge is -2.30. The summed E-state index contributed by atoms with van der Waals surface area (Å²) in [5.41, 5.74) is 2.76. The van der Waals surface area contributed by atoms with E-state index >= 15 is 0 Å². The number of amides is 1. The lowest BCUT2D eigenvalue weighted by molar-refractivity contribution is -0.126. The molecule has 0 unspecified atom stereocenters. The molecule has 164 valence electrons. The van der Waals surface area contributed by atoms with Gasteiger partial charge in [0.05, 0.1) is 5.92 Å². The molecule has 0 saturated carbocycles. The molecule has 1 fully saturated rings. The van der Waals surface area contributed by atoms with Gasteiger partial charge in [0.25, 0.3) is 10.0 Å². The Balaban J connectivity index is 1.42. The van der Waals surface area contributed by atoms with Gasteiger partial charge in [-0.2, -0.15) is 9.29 Å². The van der Waals surface area contributed by atoms with Crippen molar-refractivity contribution >= 4 is 27.3 Å². The van der Waals surface area contributed by atoms with Crippen molar-refractivity contribution in [2.45, 2.75) is 37.4 Å². The van der Waals surface area contributed by atoms with E-state index in [1.165, 1.54) is 4.31 Å². The fourth-order valence-electron chi connectivity index (χ4n) is 3.64. The smallest absolute Gasteiger partial charge is 0.252 e. The van der Waals surface area contributed by atoms with Gasteiger partial charge in [-0.1, -0.05) is 35.0 Å². The first-order valence-electron chi connectivity index (χ1n) is 10.1. The van der Waals surface area contributed by atoms with Gasteiger partial charge in [-0.05, 0) is 31.4 Å². The molecule has 1 aliphatic rings. The molecule has 1 N–H and O–H groups in total. The maximum atomic E-state index is 13.2. The number of carbonyl (C=O) groups is 1. The van der Waals surface area contributed by atoms with Crippen molar-refractivity contribution in [3.8, 4) is 11.4 Å². The molecule has 2 aromatic heterocycles. The number of piperidine rings is 1. The van der Waals surface area contributed by atoms with Gasteiger partial charge in [0.15, 0.2) is 0 Å². The number of nitrogens with zero attached hydrogens (tertiary/aromatic N) is 3. The minimum Gasteiger partial charge on any atom is -0.352 e. The molecule has 10 heteroatoms. The van der Waals surface area contributed by atoms with E-state index in [2.05, 4.69) is 15.5 Å². The maximum Gasteiger partial charge on any atom is 0.252 e. The number of nitrogens with one attached hydrogen (secondary N) is 1. The van der Waals surface area contributed by atoms with Crippen LogP contribution in [0, 0.1) is 19.8 Å². The first-order valence-corrected chi connectivity index (χ1v) is 12.4. The highest BCUT2D eigenvalue weighted by atomic mass is 32.2. The Bertz CT molecular complexity index is 1190. The van der Waals surface area contributed by atoms with E-state index in [1.54, 1.807) is 18.4 Å². The first kappa shape index (κ1) is 21.7. The van der Waals surface area contributed by atoms with E-state index < -0.39 is 10.0 Å². The maximum absolute atomic E-state index is 13.2. The number of hydrogen-bond acceptors (Lipinski definition) is 7. The number of aryl methyl sites for hydroxylation is 2. The van der Waals surface area contributed by atoms with Crippen LogP contribution in [0.5, 0.6) is 0 Å². The minimum absolute atomic E-state index is 0.115. The van der Waals surface area contributed by atoms with Gasteiger partial charge in [-0.15, -0.1) is 11.3 Å². The second-order valence-corrected chi connectivity index (χ2v) is 10.8. The van der Waals surface area contributed by atoms with Crippen molar-refractivity contribution in [1.82, 2.24) is 19.8 Å². The zero-order valence-electron chi connectivity index (χ0n) is 17.4. The number of hydrogen-bond donors (Lipinski definition) is 1. The van der Waals surface area contributed by atoms with Crippen molar-refractivity contribution in [1.29, 1.82) is 0 Å². The average molecular weight is 461 g/mol. The van der Waals surface area contributed by atoms with Crippen molar-refractivity contribution in [2.24, 2.45) is 5.92 Å². The molecular formula is C21H24N4O4S2. The summed E-state index contributed by atoms with van der Waals surface area (Å²) in [7, 11) is -3.70. The van der Waals surface area contributed by atoms with Gasteiger partial charge in [0, 0.05) is 37.5 Å². The normalized spacial score (nSPS) is 17.5. The summed E-state index contributed by atoms with van der Waals surface area (Å²) in [6.45, 7) is 4.70. The van der Waals surface area contributed by atoms with E-state index in [0.717, 1.165) is 22.5 Å². The lowest BCUT2D eigenvalue weighted by Crippen LogP contribution is -2.45. The monoisotopic (exact) mass is 460 g/mol. The molecule has 31 heavy (non-hydrogen) atoms. The third kappa shape index (κ3) is 4.86. The van der Waals surface area contributed by atoms with E-state index in [0.29, 0.717) is 43.2 Å². The number of benzene rings is 1. The molecule has 8 nitrogen and oxygen atoms in total. The Hall–Kier alpha value is -2.56. The van der Waals surface area contributed by atoms with Gasteiger partial charge >= 0.3 is 0 Å². The topological polar surface area (TPSA) is 105 Å². The van der Waals surface area contributed by atoms with Gasteiger partial charge in [-0.3, -0.25) is 4.79 Å². The van der Waals surface area contributed by atoms with Crippen molar-refractivity contribution in [2.75, 3.05) is 13.1 Å². The number of thiophene rings is 1.